The van der Waals surface area contributed by atoms with Crippen LogP contribution >= 0.6 is 11.8 Å². The SMILES string of the molecule is O=C(N[C@@H]1CCNC[C@H]1O)C1=C2NC(=O)N(c3cc(-c4ccccc4)ccn3)C3CCNC(S1)C23. The number of benzene rings is 1. The van der Waals surface area contributed by atoms with Gasteiger partial charge in [-0.25, -0.2) is 9.78 Å². The second-order valence-electron chi connectivity index (χ2n) is 9.33. The van der Waals surface area contributed by atoms with E-state index in [1.807, 2.05) is 42.5 Å². The molecular formula is C25H28N6O3S. The zero-order valence-electron chi connectivity index (χ0n) is 19.1. The number of carbonyl (C=O) groups excluding carboxylic acids is 2. The van der Waals surface area contributed by atoms with Gasteiger partial charge in [-0.3, -0.25) is 9.69 Å². The number of rotatable bonds is 4. The molecule has 6 rings (SSSR count). The van der Waals surface area contributed by atoms with Crippen LogP contribution in [0.1, 0.15) is 12.8 Å². The molecule has 3 unspecified atom stereocenters. The number of hydrogen-bond acceptors (Lipinski definition) is 7. The second kappa shape index (κ2) is 9.27. The van der Waals surface area contributed by atoms with E-state index >= 15 is 0 Å². The van der Waals surface area contributed by atoms with Crippen LogP contribution in [0.15, 0.2) is 59.3 Å². The highest BCUT2D eigenvalue weighted by Gasteiger charge is 2.52. The normalized spacial score (nSPS) is 30.0. The Morgan fingerprint density at radius 1 is 1.14 bits per heavy atom. The van der Waals surface area contributed by atoms with Gasteiger partial charge in [0, 0.05) is 24.4 Å². The summed E-state index contributed by atoms with van der Waals surface area (Å²) in [7, 11) is 0. The molecule has 182 valence electrons. The maximum atomic E-state index is 13.4. The number of aliphatic hydroxyl groups is 1. The minimum atomic E-state index is -0.628. The minimum Gasteiger partial charge on any atom is -0.390 e. The van der Waals surface area contributed by atoms with E-state index in [-0.39, 0.29) is 35.3 Å². The molecule has 2 aromatic rings. The summed E-state index contributed by atoms with van der Waals surface area (Å²) in [5, 5.41) is 22.9. The highest BCUT2D eigenvalue weighted by molar-refractivity contribution is 8.04. The van der Waals surface area contributed by atoms with Crippen LogP contribution in [0.25, 0.3) is 11.1 Å². The zero-order valence-corrected chi connectivity index (χ0v) is 19.9. The number of nitrogens with zero attached hydrogens (tertiary/aromatic N) is 2. The van der Waals surface area contributed by atoms with Crippen LogP contribution in [0, 0.1) is 5.92 Å². The van der Waals surface area contributed by atoms with Crippen LogP contribution in [0.3, 0.4) is 0 Å². The van der Waals surface area contributed by atoms with E-state index in [4.69, 9.17) is 0 Å². The van der Waals surface area contributed by atoms with Crippen LogP contribution in [0.2, 0.25) is 0 Å². The van der Waals surface area contributed by atoms with Crippen LogP contribution in [0.5, 0.6) is 0 Å². The average molecular weight is 493 g/mol. The molecule has 4 aliphatic heterocycles. The fourth-order valence-corrected chi connectivity index (χ4v) is 6.89. The average Bonchev–Trinajstić information content (AvgIpc) is 3.26. The van der Waals surface area contributed by atoms with Gasteiger partial charge in [-0.1, -0.05) is 42.1 Å². The number of thioether (sulfide) groups is 1. The molecule has 0 saturated carbocycles. The zero-order chi connectivity index (χ0) is 23.9. The van der Waals surface area contributed by atoms with Crippen molar-refractivity contribution in [2.75, 3.05) is 24.5 Å². The first kappa shape index (κ1) is 22.5. The Balaban J connectivity index is 1.29. The van der Waals surface area contributed by atoms with Crippen LogP contribution in [0.4, 0.5) is 10.6 Å². The van der Waals surface area contributed by atoms with E-state index in [0.29, 0.717) is 29.4 Å². The van der Waals surface area contributed by atoms with Crippen molar-refractivity contribution in [3.05, 3.63) is 59.3 Å². The van der Waals surface area contributed by atoms with Crippen LogP contribution < -0.4 is 26.2 Å². The highest BCUT2D eigenvalue weighted by Crippen LogP contribution is 2.47. The van der Waals surface area contributed by atoms with Gasteiger partial charge < -0.3 is 26.4 Å². The summed E-state index contributed by atoms with van der Waals surface area (Å²) in [6.45, 7) is 1.95. The molecular weight excluding hydrogens is 464 g/mol. The first-order valence-corrected chi connectivity index (χ1v) is 12.9. The van der Waals surface area contributed by atoms with Crippen molar-refractivity contribution < 1.29 is 14.7 Å². The van der Waals surface area contributed by atoms with Crippen LogP contribution in [-0.4, -0.2) is 65.2 Å². The van der Waals surface area contributed by atoms with E-state index in [1.54, 1.807) is 11.1 Å². The smallest absolute Gasteiger partial charge is 0.327 e. The molecule has 9 nitrogen and oxygen atoms in total. The summed E-state index contributed by atoms with van der Waals surface area (Å²) < 4.78 is 0. The van der Waals surface area contributed by atoms with Crippen LogP contribution in [-0.2, 0) is 4.79 Å². The maximum Gasteiger partial charge on any atom is 0.327 e. The third kappa shape index (κ3) is 4.10. The van der Waals surface area contributed by atoms with Crippen molar-refractivity contribution in [3.8, 4) is 11.1 Å². The largest absolute Gasteiger partial charge is 0.390 e. The fraction of sp³-hybridized carbons (Fsp3) is 0.400. The fourth-order valence-electron chi connectivity index (χ4n) is 5.49. The Labute approximate surface area is 207 Å². The summed E-state index contributed by atoms with van der Waals surface area (Å²) in [4.78, 5) is 33.5. The number of pyridine rings is 1. The van der Waals surface area contributed by atoms with Gasteiger partial charge in [-0.15, -0.1) is 0 Å². The Hall–Kier alpha value is -2.92. The third-order valence-electron chi connectivity index (χ3n) is 7.21. The molecule has 3 fully saturated rings. The van der Waals surface area contributed by atoms with Crippen molar-refractivity contribution >= 4 is 29.5 Å². The topological polar surface area (TPSA) is 119 Å². The summed E-state index contributed by atoms with van der Waals surface area (Å²) in [6, 6.07) is 13.2. The number of β-amino-alcohol motifs (C(OH)–C–C–N with tert-alkyl or cyclic N) is 1. The monoisotopic (exact) mass is 492 g/mol. The van der Waals surface area contributed by atoms with E-state index in [1.165, 1.54) is 11.8 Å². The van der Waals surface area contributed by atoms with Gasteiger partial charge in [-0.05, 0) is 49.2 Å². The lowest BCUT2D eigenvalue weighted by molar-refractivity contribution is -0.118. The lowest BCUT2D eigenvalue weighted by Crippen LogP contribution is -2.62. The van der Waals surface area contributed by atoms with Crippen molar-refractivity contribution in [2.45, 2.75) is 36.4 Å². The number of nitrogens with one attached hydrogen (secondary N) is 4. The first-order valence-electron chi connectivity index (χ1n) is 12.1. The third-order valence-corrected chi connectivity index (χ3v) is 8.57. The Morgan fingerprint density at radius 3 is 2.83 bits per heavy atom. The maximum absolute atomic E-state index is 13.4. The highest BCUT2D eigenvalue weighted by atomic mass is 32.2. The number of carbonyl (C=O) groups is 2. The summed E-state index contributed by atoms with van der Waals surface area (Å²) in [5.74, 6) is 0.324. The predicted molar refractivity (Wildman–Crippen MR) is 134 cm³/mol. The molecule has 5 atom stereocenters. The van der Waals surface area contributed by atoms with E-state index in [9.17, 15) is 14.7 Å². The van der Waals surface area contributed by atoms with Gasteiger partial charge in [0.2, 0.25) is 0 Å². The molecule has 0 radical (unpaired) electrons. The van der Waals surface area contributed by atoms with Gasteiger partial charge >= 0.3 is 6.03 Å². The lowest BCUT2D eigenvalue weighted by atomic mass is 9.86. The lowest BCUT2D eigenvalue weighted by Gasteiger charge is -2.45. The molecule has 10 heteroatoms. The molecule has 3 saturated heterocycles. The second-order valence-corrected chi connectivity index (χ2v) is 10.5. The molecule has 4 aliphatic rings. The van der Waals surface area contributed by atoms with Crippen molar-refractivity contribution in [2.24, 2.45) is 5.92 Å². The van der Waals surface area contributed by atoms with Gasteiger partial charge in [0.15, 0.2) is 0 Å². The minimum absolute atomic E-state index is 0.0112. The summed E-state index contributed by atoms with van der Waals surface area (Å²) >= 11 is 1.47. The number of amides is 3. The first-order chi connectivity index (χ1) is 17.1. The number of urea groups is 1. The van der Waals surface area contributed by atoms with Gasteiger partial charge in [0.05, 0.1) is 28.5 Å². The molecule has 1 aromatic heterocycles. The van der Waals surface area contributed by atoms with Crippen molar-refractivity contribution in [3.63, 3.8) is 0 Å². The molecule has 0 spiro atoms. The number of hydrogen-bond donors (Lipinski definition) is 5. The summed E-state index contributed by atoms with van der Waals surface area (Å²) in [5.41, 5.74) is 2.74. The summed E-state index contributed by atoms with van der Waals surface area (Å²) in [6.07, 6.45) is 2.54. The number of anilines is 1. The molecule has 0 bridgehead atoms. The molecule has 35 heavy (non-hydrogen) atoms. The Bertz CT molecular complexity index is 1170. The Kier molecular flexibility index (Phi) is 5.97. The molecule has 5 heterocycles. The standard InChI is InChI=1S/C25H28N6O3S/c32-18-13-26-9-7-16(18)29-23(33)22-21-20-17(8-11-28-24(20)35-22)31(25(34)30-21)19-12-15(6-10-27-19)14-4-2-1-3-5-14/h1-6,10,12,16-18,20,24,26,28,32H,7-9,11,13H2,(H,29,33)(H,30,34)/t16-,17?,18-,20?,24?/m1/s1. The van der Waals surface area contributed by atoms with E-state index in [2.05, 4.69) is 26.3 Å². The van der Waals surface area contributed by atoms with E-state index in [0.717, 1.165) is 30.6 Å². The Morgan fingerprint density at radius 2 is 2.00 bits per heavy atom. The van der Waals surface area contributed by atoms with Crippen molar-refractivity contribution in [1.82, 2.24) is 26.3 Å². The number of aromatic nitrogens is 1. The van der Waals surface area contributed by atoms with Crippen molar-refractivity contribution in [1.29, 1.82) is 0 Å². The quantitative estimate of drug-likeness (QED) is 0.438. The van der Waals surface area contributed by atoms with E-state index < -0.39 is 6.10 Å². The predicted octanol–water partition coefficient (Wildman–Crippen LogP) is 1.38. The van der Waals surface area contributed by atoms with Gasteiger partial charge in [0.1, 0.15) is 5.82 Å². The molecule has 3 amide bonds. The number of aliphatic hydroxyl groups excluding tert-OH is 1. The molecule has 1 aromatic carbocycles. The van der Waals surface area contributed by atoms with Gasteiger partial charge in [0.25, 0.3) is 5.91 Å². The molecule has 5 N–H and O–H groups in total. The number of piperidine rings is 2. The molecule has 0 aliphatic carbocycles. The van der Waals surface area contributed by atoms with Gasteiger partial charge in [-0.2, -0.15) is 0 Å².